The zero-order valence-electron chi connectivity index (χ0n) is 14.2. The minimum Gasteiger partial charge on any atom is -0.473 e. The molecule has 0 saturated heterocycles. The lowest BCUT2D eigenvalue weighted by Gasteiger charge is -2.09. The molecule has 2 N–H and O–H groups in total. The van der Waals surface area contributed by atoms with Crippen LogP contribution in [0.3, 0.4) is 0 Å². The average Bonchev–Trinajstić information content (AvgIpc) is 2.84. The van der Waals surface area contributed by atoms with E-state index in [9.17, 15) is 4.79 Å². The molecule has 0 aliphatic heterocycles. The molecule has 130 valence electrons. The first-order valence-electron chi connectivity index (χ1n) is 7.89. The van der Waals surface area contributed by atoms with Gasteiger partial charge in [-0.2, -0.15) is 0 Å². The molecule has 0 unspecified atom stereocenters. The summed E-state index contributed by atoms with van der Waals surface area (Å²) in [6, 6.07) is 12.1. The number of nitrogens with zero attached hydrogens (tertiary/aromatic N) is 2. The van der Waals surface area contributed by atoms with Crippen LogP contribution in [0.1, 0.15) is 13.8 Å². The van der Waals surface area contributed by atoms with Crippen molar-refractivity contribution in [1.29, 1.82) is 0 Å². The summed E-state index contributed by atoms with van der Waals surface area (Å²) in [5.41, 5.74) is 2.24. The van der Waals surface area contributed by atoms with Crippen LogP contribution in [0.25, 0.3) is 10.9 Å². The van der Waals surface area contributed by atoms with Crippen LogP contribution in [0, 0.1) is 0 Å². The molecule has 1 aromatic heterocycles. The van der Waals surface area contributed by atoms with E-state index < -0.39 is 0 Å². The molecule has 2 amide bonds. The van der Waals surface area contributed by atoms with Gasteiger partial charge in [-0.25, -0.2) is 4.79 Å². The fourth-order valence-electron chi connectivity index (χ4n) is 2.45. The van der Waals surface area contributed by atoms with Crippen molar-refractivity contribution in [2.75, 3.05) is 10.6 Å². The van der Waals surface area contributed by atoms with E-state index in [1.165, 1.54) is 0 Å². The Balaban J connectivity index is 1.79. The van der Waals surface area contributed by atoms with Gasteiger partial charge in [-0.3, -0.25) is 4.68 Å². The lowest BCUT2D eigenvalue weighted by atomic mass is 10.2. The van der Waals surface area contributed by atoms with E-state index >= 15 is 0 Å². The predicted octanol–water partition coefficient (Wildman–Crippen LogP) is 4.66. The Labute approximate surface area is 150 Å². The van der Waals surface area contributed by atoms with Crippen molar-refractivity contribution in [2.45, 2.75) is 20.0 Å². The Hall–Kier alpha value is -2.73. The van der Waals surface area contributed by atoms with Gasteiger partial charge < -0.3 is 15.4 Å². The number of halogens is 1. The number of amides is 2. The molecule has 2 aromatic carbocycles. The van der Waals surface area contributed by atoms with Gasteiger partial charge in [-0.05, 0) is 56.3 Å². The summed E-state index contributed by atoms with van der Waals surface area (Å²) < 4.78 is 7.50. The summed E-state index contributed by atoms with van der Waals surface area (Å²) in [5, 5.41) is 11.4. The van der Waals surface area contributed by atoms with Crippen LogP contribution in [-0.4, -0.2) is 21.9 Å². The van der Waals surface area contributed by atoms with Crippen LogP contribution in [0.4, 0.5) is 16.2 Å². The fourth-order valence-corrected chi connectivity index (χ4v) is 2.57. The maximum atomic E-state index is 12.2. The van der Waals surface area contributed by atoms with Gasteiger partial charge in [0.05, 0.1) is 17.0 Å². The number of aromatic nitrogens is 2. The van der Waals surface area contributed by atoms with E-state index in [0.29, 0.717) is 22.3 Å². The highest BCUT2D eigenvalue weighted by Crippen LogP contribution is 2.28. The van der Waals surface area contributed by atoms with Gasteiger partial charge in [0, 0.05) is 23.4 Å². The lowest BCUT2D eigenvalue weighted by molar-refractivity contribution is 0.233. The van der Waals surface area contributed by atoms with Crippen LogP contribution in [0.5, 0.6) is 5.88 Å². The number of nitrogens with one attached hydrogen (secondary N) is 2. The lowest BCUT2D eigenvalue weighted by Crippen LogP contribution is -2.19. The Kier molecular flexibility index (Phi) is 4.81. The topological polar surface area (TPSA) is 68.2 Å². The van der Waals surface area contributed by atoms with Gasteiger partial charge in [0.15, 0.2) is 0 Å². The van der Waals surface area contributed by atoms with E-state index in [0.717, 1.165) is 10.9 Å². The zero-order chi connectivity index (χ0) is 18.0. The summed E-state index contributed by atoms with van der Waals surface area (Å²) in [4.78, 5) is 12.2. The van der Waals surface area contributed by atoms with Crippen LogP contribution >= 0.6 is 11.6 Å². The molecule has 0 bridgehead atoms. The van der Waals surface area contributed by atoms with Gasteiger partial charge in [0.2, 0.25) is 5.88 Å². The number of fused-ring (bicyclic) bond motifs is 1. The molecule has 6 nitrogen and oxygen atoms in total. The normalized spacial score (nSPS) is 10.9. The molecule has 0 spiro atoms. The van der Waals surface area contributed by atoms with Crippen molar-refractivity contribution in [1.82, 2.24) is 9.78 Å². The molecule has 0 fully saturated rings. The fraction of sp³-hybridized carbons (Fsp3) is 0.222. The van der Waals surface area contributed by atoms with Gasteiger partial charge in [0.25, 0.3) is 0 Å². The number of hydrogen-bond donors (Lipinski definition) is 2. The van der Waals surface area contributed by atoms with Crippen LogP contribution in [0.2, 0.25) is 5.02 Å². The number of urea groups is 1. The smallest absolute Gasteiger partial charge is 0.323 e. The quantitative estimate of drug-likeness (QED) is 0.712. The third-order valence-corrected chi connectivity index (χ3v) is 3.78. The van der Waals surface area contributed by atoms with Crippen molar-refractivity contribution in [2.24, 2.45) is 7.05 Å². The number of carbonyl (C=O) groups is 1. The SMILES string of the molecule is CC(C)Oc1nn(C)c2ccc(NC(=O)Nc3ccc(Cl)cc3)cc12. The van der Waals surface area contributed by atoms with E-state index in [2.05, 4.69) is 15.7 Å². The van der Waals surface area contributed by atoms with Gasteiger partial charge >= 0.3 is 6.03 Å². The first kappa shape index (κ1) is 17.1. The van der Waals surface area contributed by atoms with Gasteiger partial charge in [0.1, 0.15) is 0 Å². The Bertz CT molecular complexity index is 903. The standard InChI is InChI=1S/C18H19ClN4O2/c1-11(2)25-17-15-10-14(8-9-16(15)23(3)22-17)21-18(24)20-13-6-4-12(19)5-7-13/h4-11H,1-3H3,(H2,20,21,24). The number of aryl methyl sites for hydroxylation is 1. The number of rotatable bonds is 4. The second-order valence-electron chi connectivity index (χ2n) is 5.91. The number of anilines is 2. The molecule has 3 rings (SSSR count). The molecule has 0 atom stereocenters. The number of hydrogen-bond acceptors (Lipinski definition) is 3. The number of benzene rings is 2. The molecular formula is C18H19ClN4O2. The van der Waals surface area contributed by atoms with E-state index in [-0.39, 0.29) is 12.1 Å². The Morgan fingerprint density at radius 2 is 1.76 bits per heavy atom. The van der Waals surface area contributed by atoms with Crippen molar-refractivity contribution in [3.05, 3.63) is 47.5 Å². The molecule has 7 heteroatoms. The molecule has 1 heterocycles. The Morgan fingerprint density at radius 1 is 1.12 bits per heavy atom. The summed E-state index contributed by atoms with van der Waals surface area (Å²) in [7, 11) is 1.86. The maximum absolute atomic E-state index is 12.2. The summed E-state index contributed by atoms with van der Waals surface area (Å²) >= 11 is 5.84. The average molecular weight is 359 g/mol. The summed E-state index contributed by atoms with van der Waals surface area (Å²) in [5.74, 6) is 0.550. The van der Waals surface area contributed by atoms with E-state index in [1.807, 2.05) is 39.1 Å². The molecule has 0 aliphatic carbocycles. The van der Waals surface area contributed by atoms with Gasteiger partial charge in [-0.15, -0.1) is 5.10 Å². The highest BCUT2D eigenvalue weighted by atomic mass is 35.5. The third kappa shape index (κ3) is 4.03. The highest BCUT2D eigenvalue weighted by Gasteiger charge is 2.13. The van der Waals surface area contributed by atoms with Crippen molar-refractivity contribution >= 4 is 39.9 Å². The largest absolute Gasteiger partial charge is 0.473 e. The minimum atomic E-state index is -0.336. The second-order valence-corrected chi connectivity index (χ2v) is 6.35. The van der Waals surface area contributed by atoms with Crippen molar-refractivity contribution < 1.29 is 9.53 Å². The highest BCUT2D eigenvalue weighted by molar-refractivity contribution is 6.30. The maximum Gasteiger partial charge on any atom is 0.323 e. The Morgan fingerprint density at radius 3 is 2.44 bits per heavy atom. The minimum absolute atomic E-state index is 0.0166. The summed E-state index contributed by atoms with van der Waals surface area (Å²) in [6.45, 7) is 3.89. The molecular weight excluding hydrogens is 340 g/mol. The first-order chi connectivity index (χ1) is 11.9. The molecule has 0 aliphatic rings. The second kappa shape index (κ2) is 7.03. The van der Waals surface area contributed by atoms with E-state index in [4.69, 9.17) is 16.3 Å². The monoisotopic (exact) mass is 358 g/mol. The van der Waals surface area contributed by atoms with Crippen LogP contribution in [0.15, 0.2) is 42.5 Å². The van der Waals surface area contributed by atoms with E-state index in [1.54, 1.807) is 28.9 Å². The predicted molar refractivity (Wildman–Crippen MR) is 101 cm³/mol. The van der Waals surface area contributed by atoms with Crippen LogP contribution in [-0.2, 0) is 7.05 Å². The number of carbonyl (C=O) groups excluding carboxylic acids is 1. The molecule has 0 saturated carbocycles. The number of ether oxygens (including phenoxy) is 1. The van der Waals surface area contributed by atoms with Crippen molar-refractivity contribution in [3.8, 4) is 5.88 Å². The molecule has 3 aromatic rings. The third-order valence-electron chi connectivity index (χ3n) is 3.52. The van der Waals surface area contributed by atoms with Crippen LogP contribution < -0.4 is 15.4 Å². The summed E-state index contributed by atoms with van der Waals surface area (Å²) in [6.07, 6.45) is 0.0166. The van der Waals surface area contributed by atoms with Crippen molar-refractivity contribution in [3.63, 3.8) is 0 Å². The van der Waals surface area contributed by atoms with Gasteiger partial charge in [-0.1, -0.05) is 11.6 Å². The zero-order valence-corrected chi connectivity index (χ0v) is 15.0. The molecule has 0 radical (unpaired) electrons. The molecule has 25 heavy (non-hydrogen) atoms. The first-order valence-corrected chi connectivity index (χ1v) is 8.27.